The zero-order valence-electron chi connectivity index (χ0n) is 12.7. The van der Waals surface area contributed by atoms with Crippen molar-refractivity contribution in [3.8, 4) is 5.75 Å². The fourth-order valence-corrected chi connectivity index (χ4v) is 2.32. The Bertz CT molecular complexity index is 503. The summed E-state index contributed by atoms with van der Waals surface area (Å²) in [6.45, 7) is 8.01. The van der Waals surface area contributed by atoms with Gasteiger partial charge in [0.05, 0.1) is 25.5 Å². The molecule has 1 aromatic rings. The van der Waals surface area contributed by atoms with Crippen LogP contribution in [0.15, 0.2) is 17.1 Å². The highest BCUT2D eigenvalue weighted by Gasteiger charge is 2.23. The summed E-state index contributed by atoms with van der Waals surface area (Å²) in [5, 5.41) is 4.13. The molecular formula is C14H24N4O3. The van der Waals surface area contributed by atoms with E-state index in [0.717, 1.165) is 13.1 Å². The number of morpholine rings is 1. The van der Waals surface area contributed by atoms with Gasteiger partial charge in [0.1, 0.15) is 12.4 Å². The van der Waals surface area contributed by atoms with E-state index in [0.29, 0.717) is 38.1 Å². The minimum Gasteiger partial charge on any atom is -0.490 e. The molecule has 1 unspecified atom stereocenters. The average Bonchev–Trinajstić information content (AvgIpc) is 2.48. The van der Waals surface area contributed by atoms with E-state index in [9.17, 15) is 4.79 Å². The quantitative estimate of drug-likeness (QED) is 0.775. The van der Waals surface area contributed by atoms with Crippen molar-refractivity contribution in [1.29, 1.82) is 0 Å². The van der Waals surface area contributed by atoms with Gasteiger partial charge in [0.25, 0.3) is 5.56 Å². The molecule has 0 spiro atoms. The van der Waals surface area contributed by atoms with E-state index in [-0.39, 0.29) is 11.7 Å². The van der Waals surface area contributed by atoms with Crippen LogP contribution in [-0.2, 0) is 11.3 Å². The van der Waals surface area contributed by atoms with E-state index in [2.05, 4.69) is 23.8 Å². The average molecular weight is 296 g/mol. The minimum absolute atomic E-state index is 0.0119. The van der Waals surface area contributed by atoms with Crippen molar-refractivity contribution in [2.75, 3.05) is 32.8 Å². The highest BCUT2D eigenvalue weighted by Crippen LogP contribution is 2.10. The Labute approximate surface area is 124 Å². The zero-order valence-corrected chi connectivity index (χ0v) is 12.7. The molecule has 7 nitrogen and oxygen atoms in total. The summed E-state index contributed by atoms with van der Waals surface area (Å²) in [6, 6.07) is 1.92. The number of ether oxygens (including phenoxy) is 2. The van der Waals surface area contributed by atoms with Gasteiger partial charge in [0.15, 0.2) is 0 Å². The lowest BCUT2D eigenvalue weighted by atomic mass is 10.2. The van der Waals surface area contributed by atoms with Crippen LogP contribution in [0, 0.1) is 0 Å². The molecule has 0 amide bonds. The normalized spacial score (nSPS) is 19.9. The molecule has 1 aliphatic rings. The summed E-state index contributed by atoms with van der Waals surface area (Å²) in [7, 11) is 0. The van der Waals surface area contributed by atoms with Gasteiger partial charge in [0.2, 0.25) is 0 Å². The molecule has 1 fully saturated rings. The van der Waals surface area contributed by atoms with Crippen LogP contribution in [0.4, 0.5) is 0 Å². The van der Waals surface area contributed by atoms with Gasteiger partial charge in [-0.25, -0.2) is 4.68 Å². The van der Waals surface area contributed by atoms with Crippen LogP contribution in [0.2, 0.25) is 0 Å². The molecule has 0 aliphatic carbocycles. The van der Waals surface area contributed by atoms with Gasteiger partial charge in [-0.2, -0.15) is 5.10 Å². The molecule has 118 valence electrons. The van der Waals surface area contributed by atoms with E-state index in [1.165, 1.54) is 10.7 Å². The van der Waals surface area contributed by atoms with Crippen molar-refractivity contribution in [1.82, 2.24) is 14.7 Å². The van der Waals surface area contributed by atoms with Gasteiger partial charge in [-0.3, -0.25) is 9.69 Å². The molecule has 1 aliphatic heterocycles. The fraction of sp³-hybridized carbons (Fsp3) is 0.714. The highest BCUT2D eigenvalue weighted by molar-refractivity contribution is 5.13. The number of nitrogens with zero attached hydrogens (tertiary/aromatic N) is 3. The number of aromatic nitrogens is 2. The molecule has 21 heavy (non-hydrogen) atoms. The fourth-order valence-electron chi connectivity index (χ4n) is 2.32. The molecule has 2 rings (SSSR count). The van der Waals surface area contributed by atoms with Gasteiger partial charge in [-0.05, 0) is 13.8 Å². The van der Waals surface area contributed by atoms with Crippen molar-refractivity contribution in [3.05, 3.63) is 22.6 Å². The summed E-state index contributed by atoms with van der Waals surface area (Å²) in [5.74, 6) is 0.454. The second kappa shape index (κ2) is 7.53. The standard InChI is InChI=1S/C14H24N4O3/c1-11(2)17-4-6-21-13(9-17)10-18-14(19)7-12(8-16-18)20-5-3-15/h7-8,11,13H,3-6,9-10,15H2,1-2H3. The van der Waals surface area contributed by atoms with Crippen LogP contribution in [0.5, 0.6) is 5.75 Å². The van der Waals surface area contributed by atoms with E-state index < -0.39 is 0 Å². The number of hydrogen-bond donors (Lipinski definition) is 1. The van der Waals surface area contributed by atoms with Crippen LogP contribution in [-0.4, -0.2) is 59.7 Å². The van der Waals surface area contributed by atoms with Crippen molar-refractivity contribution in [2.24, 2.45) is 5.73 Å². The first-order chi connectivity index (χ1) is 10.1. The maximum atomic E-state index is 12.0. The third-order valence-corrected chi connectivity index (χ3v) is 3.51. The topological polar surface area (TPSA) is 82.6 Å². The van der Waals surface area contributed by atoms with Crippen molar-refractivity contribution in [2.45, 2.75) is 32.5 Å². The molecule has 2 N–H and O–H groups in total. The molecular weight excluding hydrogens is 272 g/mol. The van der Waals surface area contributed by atoms with Gasteiger partial charge in [-0.15, -0.1) is 0 Å². The molecule has 7 heteroatoms. The Balaban J connectivity index is 1.97. The molecule has 2 heterocycles. The third kappa shape index (κ3) is 4.52. The van der Waals surface area contributed by atoms with E-state index in [1.807, 2.05) is 0 Å². The number of rotatable bonds is 6. The maximum absolute atomic E-state index is 12.0. The summed E-state index contributed by atoms with van der Waals surface area (Å²) < 4.78 is 12.4. The Morgan fingerprint density at radius 2 is 2.38 bits per heavy atom. The van der Waals surface area contributed by atoms with Crippen molar-refractivity contribution in [3.63, 3.8) is 0 Å². The Morgan fingerprint density at radius 1 is 1.57 bits per heavy atom. The number of nitrogens with two attached hydrogens (primary N) is 1. The summed E-state index contributed by atoms with van der Waals surface area (Å²) in [5.41, 5.74) is 5.17. The van der Waals surface area contributed by atoms with Crippen molar-refractivity contribution < 1.29 is 9.47 Å². The van der Waals surface area contributed by atoms with Gasteiger partial charge in [-0.1, -0.05) is 0 Å². The molecule has 1 saturated heterocycles. The van der Waals surface area contributed by atoms with Crippen LogP contribution in [0.3, 0.4) is 0 Å². The largest absolute Gasteiger partial charge is 0.490 e. The lowest BCUT2D eigenvalue weighted by Crippen LogP contribution is -2.48. The molecule has 1 aromatic heterocycles. The smallest absolute Gasteiger partial charge is 0.270 e. The molecule has 0 saturated carbocycles. The van der Waals surface area contributed by atoms with Gasteiger partial charge in [0, 0.05) is 31.7 Å². The predicted octanol–water partition coefficient (Wildman–Crippen LogP) is -0.310. The molecule has 0 bridgehead atoms. The first-order valence-electron chi connectivity index (χ1n) is 7.36. The van der Waals surface area contributed by atoms with Crippen LogP contribution in [0.25, 0.3) is 0 Å². The number of hydrogen-bond acceptors (Lipinski definition) is 6. The first-order valence-corrected chi connectivity index (χ1v) is 7.36. The van der Waals surface area contributed by atoms with E-state index in [4.69, 9.17) is 15.2 Å². The highest BCUT2D eigenvalue weighted by atomic mass is 16.5. The SMILES string of the molecule is CC(C)N1CCOC(Cn2ncc(OCCN)cc2=O)C1. The van der Waals surface area contributed by atoms with Gasteiger partial charge >= 0.3 is 0 Å². The maximum Gasteiger partial charge on any atom is 0.270 e. The third-order valence-electron chi connectivity index (χ3n) is 3.51. The van der Waals surface area contributed by atoms with Crippen LogP contribution in [0.1, 0.15) is 13.8 Å². The summed E-state index contributed by atoms with van der Waals surface area (Å²) >= 11 is 0. The second-order valence-corrected chi connectivity index (χ2v) is 5.43. The Morgan fingerprint density at radius 3 is 3.05 bits per heavy atom. The Kier molecular flexibility index (Phi) is 5.72. The monoisotopic (exact) mass is 296 g/mol. The molecule has 0 radical (unpaired) electrons. The zero-order chi connectivity index (χ0) is 15.2. The Hall–Kier alpha value is -1.44. The van der Waals surface area contributed by atoms with Crippen LogP contribution < -0.4 is 16.0 Å². The summed E-state index contributed by atoms with van der Waals surface area (Å²) in [4.78, 5) is 14.4. The second-order valence-electron chi connectivity index (χ2n) is 5.43. The van der Waals surface area contributed by atoms with Crippen LogP contribution >= 0.6 is 0 Å². The van der Waals surface area contributed by atoms with E-state index in [1.54, 1.807) is 6.20 Å². The van der Waals surface area contributed by atoms with Crippen molar-refractivity contribution >= 4 is 0 Å². The van der Waals surface area contributed by atoms with E-state index >= 15 is 0 Å². The first kappa shape index (κ1) is 15.9. The minimum atomic E-state index is -0.185. The van der Waals surface area contributed by atoms with Gasteiger partial charge < -0.3 is 15.2 Å². The molecule has 1 atom stereocenters. The lowest BCUT2D eigenvalue weighted by Gasteiger charge is -2.35. The summed E-state index contributed by atoms with van der Waals surface area (Å²) in [6.07, 6.45) is 1.53. The lowest BCUT2D eigenvalue weighted by molar-refractivity contribution is -0.0475. The predicted molar refractivity (Wildman–Crippen MR) is 79.5 cm³/mol. The molecule has 0 aromatic carbocycles.